The average molecular weight is 407 g/mol. The second kappa shape index (κ2) is 7.79. The van der Waals surface area contributed by atoms with Crippen LogP contribution < -0.4 is 10.1 Å². The number of ether oxygens (including phenoxy) is 1. The molecule has 148 valence electrons. The fourth-order valence-electron chi connectivity index (χ4n) is 3.73. The highest BCUT2D eigenvalue weighted by Gasteiger charge is 2.15. The van der Waals surface area contributed by atoms with Gasteiger partial charge in [0.05, 0.1) is 21.6 Å². The standard InChI is InChI=1S/C21H22N6OS/c1-27-18(9-10-24-27)17-12-20(23-13-22-17)28-15-7-8-16-19(11-15)29-21(26-16)25-14-5-3-2-4-6-14/h7-14H,2-6H2,1H3,(H,25,26). The number of nitrogens with one attached hydrogen (secondary N) is 1. The lowest BCUT2D eigenvalue weighted by atomic mass is 9.96. The normalized spacial score (nSPS) is 14.9. The van der Waals surface area contributed by atoms with Crippen molar-refractivity contribution in [2.75, 3.05) is 5.32 Å². The van der Waals surface area contributed by atoms with Gasteiger partial charge in [-0.25, -0.2) is 15.0 Å². The topological polar surface area (TPSA) is 77.8 Å². The van der Waals surface area contributed by atoms with Crippen LogP contribution in [0.4, 0.5) is 5.13 Å². The van der Waals surface area contributed by atoms with Crippen LogP contribution in [0.5, 0.6) is 11.6 Å². The number of benzene rings is 1. The van der Waals surface area contributed by atoms with E-state index in [2.05, 4.69) is 20.4 Å². The van der Waals surface area contributed by atoms with Crippen LogP contribution in [-0.2, 0) is 7.05 Å². The van der Waals surface area contributed by atoms with Crippen LogP contribution in [0.15, 0.2) is 42.9 Å². The Morgan fingerprint density at radius 3 is 2.83 bits per heavy atom. The Labute approximate surface area is 172 Å². The predicted octanol–water partition coefficient (Wildman–Crippen LogP) is 5.02. The molecule has 4 aromatic rings. The van der Waals surface area contributed by atoms with Crippen molar-refractivity contribution in [2.45, 2.75) is 38.1 Å². The van der Waals surface area contributed by atoms with E-state index in [1.807, 2.05) is 37.4 Å². The average Bonchev–Trinajstić information content (AvgIpc) is 3.34. The van der Waals surface area contributed by atoms with Crippen molar-refractivity contribution in [3.63, 3.8) is 0 Å². The van der Waals surface area contributed by atoms with Gasteiger partial charge in [0.25, 0.3) is 0 Å². The van der Waals surface area contributed by atoms with Gasteiger partial charge in [0.1, 0.15) is 12.1 Å². The van der Waals surface area contributed by atoms with Crippen LogP contribution in [0, 0.1) is 0 Å². The first-order valence-corrected chi connectivity index (χ1v) is 10.7. The van der Waals surface area contributed by atoms with Crippen molar-refractivity contribution >= 4 is 26.7 Å². The minimum Gasteiger partial charge on any atom is -0.439 e. The third-order valence-corrected chi connectivity index (χ3v) is 6.19. The molecule has 0 saturated heterocycles. The lowest BCUT2D eigenvalue weighted by Crippen LogP contribution is -2.21. The summed E-state index contributed by atoms with van der Waals surface area (Å²) in [6.45, 7) is 0. The molecule has 1 aliphatic carbocycles. The number of aromatic nitrogens is 5. The number of hydrogen-bond donors (Lipinski definition) is 1. The molecule has 29 heavy (non-hydrogen) atoms. The lowest BCUT2D eigenvalue weighted by Gasteiger charge is -2.22. The molecule has 3 heterocycles. The van der Waals surface area contributed by atoms with E-state index in [1.54, 1.807) is 22.2 Å². The number of thiazole rings is 1. The molecule has 0 radical (unpaired) electrons. The number of anilines is 1. The van der Waals surface area contributed by atoms with E-state index in [-0.39, 0.29) is 0 Å². The molecule has 5 rings (SSSR count). The summed E-state index contributed by atoms with van der Waals surface area (Å²) in [5.74, 6) is 1.24. The van der Waals surface area contributed by atoms with Gasteiger partial charge in [-0.2, -0.15) is 5.10 Å². The van der Waals surface area contributed by atoms with Crippen LogP contribution >= 0.6 is 11.3 Å². The third-order valence-electron chi connectivity index (χ3n) is 5.24. The highest BCUT2D eigenvalue weighted by atomic mass is 32.1. The molecule has 1 N–H and O–H groups in total. The maximum absolute atomic E-state index is 6.00. The number of fused-ring (bicyclic) bond motifs is 1. The summed E-state index contributed by atoms with van der Waals surface area (Å²) in [7, 11) is 1.88. The van der Waals surface area contributed by atoms with Crippen LogP contribution in [-0.4, -0.2) is 30.8 Å². The van der Waals surface area contributed by atoms with Gasteiger partial charge in [0, 0.05) is 31.4 Å². The van der Waals surface area contributed by atoms with E-state index >= 15 is 0 Å². The van der Waals surface area contributed by atoms with Crippen LogP contribution in [0.25, 0.3) is 21.6 Å². The second-order valence-corrected chi connectivity index (χ2v) is 8.34. The Hall–Kier alpha value is -3.00. The van der Waals surface area contributed by atoms with Gasteiger partial charge < -0.3 is 10.1 Å². The largest absolute Gasteiger partial charge is 0.439 e. The van der Waals surface area contributed by atoms with Gasteiger partial charge >= 0.3 is 0 Å². The predicted molar refractivity (Wildman–Crippen MR) is 114 cm³/mol. The molecule has 7 nitrogen and oxygen atoms in total. The molecule has 0 atom stereocenters. The molecule has 0 amide bonds. The molecule has 3 aromatic heterocycles. The molecule has 0 bridgehead atoms. The van der Waals surface area contributed by atoms with Crippen molar-refractivity contribution in [2.24, 2.45) is 7.05 Å². The Balaban J connectivity index is 1.35. The van der Waals surface area contributed by atoms with Crippen molar-refractivity contribution in [3.8, 4) is 23.0 Å². The summed E-state index contributed by atoms with van der Waals surface area (Å²) in [4.78, 5) is 13.3. The quantitative estimate of drug-likeness (QED) is 0.501. The molecule has 0 aliphatic heterocycles. The summed E-state index contributed by atoms with van der Waals surface area (Å²) in [5, 5.41) is 8.78. The Morgan fingerprint density at radius 1 is 1.10 bits per heavy atom. The molecule has 0 unspecified atom stereocenters. The first kappa shape index (κ1) is 18.1. The van der Waals surface area contributed by atoms with E-state index in [0.29, 0.717) is 11.9 Å². The van der Waals surface area contributed by atoms with Crippen molar-refractivity contribution in [1.82, 2.24) is 24.7 Å². The van der Waals surface area contributed by atoms with E-state index in [9.17, 15) is 0 Å². The molecule has 0 spiro atoms. The molecule has 1 aliphatic rings. The summed E-state index contributed by atoms with van der Waals surface area (Å²) in [6, 6.07) is 10.2. The van der Waals surface area contributed by atoms with E-state index in [1.165, 1.54) is 38.4 Å². The monoisotopic (exact) mass is 406 g/mol. The molecule has 1 saturated carbocycles. The summed E-state index contributed by atoms with van der Waals surface area (Å²) in [5.41, 5.74) is 2.67. The summed E-state index contributed by atoms with van der Waals surface area (Å²) >= 11 is 1.67. The number of nitrogens with zero attached hydrogens (tertiary/aromatic N) is 5. The van der Waals surface area contributed by atoms with Gasteiger partial charge in [-0.1, -0.05) is 30.6 Å². The van der Waals surface area contributed by atoms with Crippen LogP contribution in [0.2, 0.25) is 0 Å². The van der Waals surface area contributed by atoms with Gasteiger partial charge in [-0.15, -0.1) is 0 Å². The zero-order valence-corrected chi connectivity index (χ0v) is 17.0. The van der Waals surface area contributed by atoms with Gasteiger partial charge in [-0.05, 0) is 31.0 Å². The Morgan fingerprint density at radius 2 is 2.00 bits per heavy atom. The van der Waals surface area contributed by atoms with Crippen LogP contribution in [0.1, 0.15) is 32.1 Å². The summed E-state index contributed by atoms with van der Waals surface area (Å²) < 4.78 is 8.87. The van der Waals surface area contributed by atoms with Crippen LogP contribution in [0.3, 0.4) is 0 Å². The molecular formula is C21H22N6OS. The maximum Gasteiger partial charge on any atom is 0.222 e. The molecule has 1 aromatic carbocycles. The lowest BCUT2D eigenvalue weighted by molar-refractivity contribution is 0.462. The second-order valence-electron chi connectivity index (χ2n) is 7.31. The zero-order valence-electron chi connectivity index (χ0n) is 16.2. The SMILES string of the molecule is Cn1nccc1-c1cc(Oc2ccc3nc(NC4CCCCC4)sc3c2)ncn1. The Kier molecular flexibility index (Phi) is 4.85. The van der Waals surface area contributed by atoms with Gasteiger partial charge in [0.2, 0.25) is 5.88 Å². The highest BCUT2D eigenvalue weighted by molar-refractivity contribution is 7.22. The summed E-state index contributed by atoms with van der Waals surface area (Å²) in [6.07, 6.45) is 9.68. The fourth-order valence-corrected chi connectivity index (χ4v) is 4.70. The van der Waals surface area contributed by atoms with Gasteiger partial charge in [-0.3, -0.25) is 4.68 Å². The first-order valence-electron chi connectivity index (χ1n) is 9.90. The highest BCUT2D eigenvalue weighted by Crippen LogP contribution is 2.32. The first-order chi connectivity index (χ1) is 14.2. The third kappa shape index (κ3) is 3.93. The number of hydrogen-bond acceptors (Lipinski definition) is 7. The van der Waals surface area contributed by atoms with Crippen molar-refractivity contribution < 1.29 is 4.74 Å². The fraction of sp³-hybridized carbons (Fsp3) is 0.333. The number of aryl methyl sites for hydroxylation is 1. The van der Waals surface area contributed by atoms with Gasteiger partial charge in [0.15, 0.2) is 5.13 Å². The molecular weight excluding hydrogens is 384 g/mol. The van der Waals surface area contributed by atoms with Crippen molar-refractivity contribution in [3.05, 3.63) is 42.9 Å². The van der Waals surface area contributed by atoms with E-state index in [0.717, 1.165) is 32.5 Å². The minimum atomic E-state index is 0.501. The molecule has 8 heteroatoms. The van der Waals surface area contributed by atoms with E-state index < -0.39 is 0 Å². The minimum absolute atomic E-state index is 0.501. The molecule has 1 fully saturated rings. The number of rotatable bonds is 5. The smallest absolute Gasteiger partial charge is 0.222 e. The Bertz CT molecular complexity index is 1130. The van der Waals surface area contributed by atoms with Crippen molar-refractivity contribution in [1.29, 1.82) is 0 Å². The maximum atomic E-state index is 6.00. The zero-order chi connectivity index (χ0) is 19.6. The van der Waals surface area contributed by atoms with E-state index in [4.69, 9.17) is 9.72 Å².